The largest absolute Gasteiger partial charge is 0.368 e. The molecule has 1 saturated heterocycles. The minimum Gasteiger partial charge on any atom is -0.368 e. The first-order valence-electron chi connectivity index (χ1n) is 9.89. The van der Waals surface area contributed by atoms with Gasteiger partial charge in [0.2, 0.25) is 5.95 Å². The molecule has 3 heterocycles. The predicted molar refractivity (Wildman–Crippen MR) is 134 cm³/mol. The van der Waals surface area contributed by atoms with Crippen molar-refractivity contribution >= 4 is 57.3 Å². The highest BCUT2D eigenvalue weighted by molar-refractivity contribution is 7.80. The van der Waals surface area contributed by atoms with Gasteiger partial charge in [0.05, 0.1) is 11.6 Å². The Kier molecular flexibility index (Phi) is 7.12. The lowest BCUT2D eigenvalue weighted by molar-refractivity contribution is 0.227. The standard InChI is InChI=1S/C21H24ClN7S.CH4/c1-13(2)17-12-28(19-11-18(22)26-20(23)27-19)9-10-29(17)21(30)25-16-7-3-6-15-14(16)5-4-8-24-15;/h3-8,11,13,17H,9-10,12H2,1-2H3,(H,25,30)(H2,23,26,27);1H4/t17-;/m1./s1. The van der Waals surface area contributed by atoms with E-state index in [9.17, 15) is 0 Å². The second kappa shape index (κ2) is 9.62. The molecule has 0 spiro atoms. The van der Waals surface area contributed by atoms with Crippen LogP contribution in [-0.2, 0) is 0 Å². The summed E-state index contributed by atoms with van der Waals surface area (Å²) in [4.78, 5) is 17.2. The van der Waals surface area contributed by atoms with Crippen LogP contribution in [0.5, 0.6) is 0 Å². The number of rotatable bonds is 3. The first kappa shape index (κ1) is 23.0. The summed E-state index contributed by atoms with van der Waals surface area (Å²) in [6, 6.07) is 12.0. The zero-order valence-electron chi connectivity index (χ0n) is 16.9. The van der Waals surface area contributed by atoms with E-state index in [2.05, 4.69) is 50.0 Å². The molecule has 1 fully saturated rings. The number of nitrogens with one attached hydrogen (secondary N) is 1. The highest BCUT2D eigenvalue weighted by atomic mass is 35.5. The molecule has 0 amide bonds. The highest BCUT2D eigenvalue weighted by Gasteiger charge is 2.32. The number of anilines is 3. The van der Waals surface area contributed by atoms with E-state index in [1.54, 1.807) is 12.3 Å². The van der Waals surface area contributed by atoms with E-state index in [1.165, 1.54) is 0 Å². The van der Waals surface area contributed by atoms with E-state index in [1.807, 2.05) is 24.3 Å². The van der Waals surface area contributed by atoms with Crippen molar-refractivity contribution in [2.24, 2.45) is 5.92 Å². The molecule has 0 radical (unpaired) electrons. The Hall–Kier alpha value is -2.71. The zero-order valence-corrected chi connectivity index (χ0v) is 18.5. The van der Waals surface area contributed by atoms with E-state index in [4.69, 9.17) is 29.6 Å². The third-order valence-electron chi connectivity index (χ3n) is 5.36. The van der Waals surface area contributed by atoms with Crippen LogP contribution in [0.1, 0.15) is 21.3 Å². The first-order chi connectivity index (χ1) is 14.4. The molecular weight excluding hydrogens is 430 g/mol. The Morgan fingerprint density at radius 2 is 2.03 bits per heavy atom. The van der Waals surface area contributed by atoms with Crippen molar-refractivity contribution in [3.05, 3.63) is 47.7 Å². The fraction of sp³-hybridized carbons (Fsp3) is 0.364. The summed E-state index contributed by atoms with van der Waals surface area (Å²) in [7, 11) is 0. The predicted octanol–water partition coefficient (Wildman–Crippen LogP) is 4.44. The summed E-state index contributed by atoms with van der Waals surface area (Å²) in [6.45, 7) is 6.69. The van der Waals surface area contributed by atoms with Gasteiger partial charge in [-0.3, -0.25) is 4.98 Å². The number of nitrogens with two attached hydrogens (primary N) is 1. The fourth-order valence-electron chi connectivity index (χ4n) is 3.83. The summed E-state index contributed by atoms with van der Waals surface area (Å²) in [5.74, 6) is 1.32. The number of hydrogen-bond donors (Lipinski definition) is 2. The summed E-state index contributed by atoms with van der Waals surface area (Å²) in [5.41, 5.74) is 7.69. The molecule has 1 atom stereocenters. The van der Waals surface area contributed by atoms with Gasteiger partial charge in [-0.05, 0) is 42.4 Å². The summed E-state index contributed by atoms with van der Waals surface area (Å²) < 4.78 is 0. The molecule has 3 N–H and O–H groups in total. The Bertz CT molecular complexity index is 1050. The smallest absolute Gasteiger partial charge is 0.223 e. The van der Waals surface area contributed by atoms with Gasteiger partial charge in [0.15, 0.2) is 5.11 Å². The molecule has 0 bridgehead atoms. The number of piperazine rings is 1. The van der Waals surface area contributed by atoms with Gasteiger partial charge >= 0.3 is 0 Å². The molecular formula is C22H28ClN7S. The van der Waals surface area contributed by atoms with Gasteiger partial charge in [0.25, 0.3) is 0 Å². The number of benzene rings is 1. The maximum absolute atomic E-state index is 6.08. The van der Waals surface area contributed by atoms with Gasteiger partial charge in [-0.1, -0.05) is 38.9 Å². The quantitative estimate of drug-likeness (QED) is 0.441. The molecule has 1 aliphatic heterocycles. The third kappa shape index (κ3) is 4.97. The Balaban J connectivity index is 0.00000272. The van der Waals surface area contributed by atoms with Crippen molar-refractivity contribution in [2.75, 3.05) is 35.6 Å². The van der Waals surface area contributed by atoms with Crippen molar-refractivity contribution in [3.8, 4) is 0 Å². The number of fused-ring (bicyclic) bond motifs is 1. The van der Waals surface area contributed by atoms with Crippen molar-refractivity contribution in [2.45, 2.75) is 27.3 Å². The number of thiocarbonyl (C=S) groups is 1. The van der Waals surface area contributed by atoms with Crippen molar-refractivity contribution in [1.29, 1.82) is 0 Å². The number of halogens is 1. The molecule has 164 valence electrons. The van der Waals surface area contributed by atoms with Gasteiger partial charge < -0.3 is 20.9 Å². The molecule has 9 heteroatoms. The van der Waals surface area contributed by atoms with Crippen LogP contribution in [0.4, 0.5) is 17.5 Å². The van der Waals surface area contributed by atoms with Crippen LogP contribution in [0, 0.1) is 5.92 Å². The Morgan fingerprint density at radius 1 is 1.23 bits per heavy atom. The lowest BCUT2D eigenvalue weighted by atomic mass is 10.00. The second-order valence-electron chi connectivity index (χ2n) is 7.66. The van der Waals surface area contributed by atoms with Crippen molar-refractivity contribution in [1.82, 2.24) is 19.9 Å². The normalized spacial score (nSPS) is 16.3. The summed E-state index contributed by atoms with van der Waals surface area (Å²) >= 11 is 11.9. The second-order valence-corrected chi connectivity index (χ2v) is 8.44. The third-order valence-corrected chi connectivity index (χ3v) is 5.89. The van der Waals surface area contributed by atoms with E-state index in [-0.39, 0.29) is 19.4 Å². The zero-order chi connectivity index (χ0) is 21.3. The molecule has 0 aliphatic carbocycles. The summed E-state index contributed by atoms with van der Waals surface area (Å²) in [5, 5.41) is 5.56. The average Bonchev–Trinajstić information content (AvgIpc) is 2.73. The maximum Gasteiger partial charge on any atom is 0.223 e. The van der Waals surface area contributed by atoms with Crippen LogP contribution in [-0.4, -0.2) is 50.6 Å². The lowest BCUT2D eigenvalue weighted by Crippen LogP contribution is -2.58. The molecule has 1 aliphatic rings. The van der Waals surface area contributed by atoms with Gasteiger partial charge in [0, 0.05) is 43.0 Å². The van der Waals surface area contributed by atoms with Crippen molar-refractivity contribution < 1.29 is 0 Å². The topological polar surface area (TPSA) is 83.2 Å². The number of nitrogen functional groups attached to an aromatic ring is 1. The van der Waals surface area contributed by atoms with Gasteiger partial charge in [0.1, 0.15) is 11.0 Å². The Morgan fingerprint density at radius 3 is 2.77 bits per heavy atom. The van der Waals surface area contributed by atoms with Gasteiger partial charge in [-0.15, -0.1) is 0 Å². The minimum absolute atomic E-state index is 0. The molecule has 0 unspecified atom stereocenters. The molecule has 7 nitrogen and oxygen atoms in total. The molecule has 2 aromatic heterocycles. The molecule has 31 heavy (non-hydrogen) atoms. The van der Waals surface area contributed by atoms with E-state index in [0.29, 0.717) is 16.2 Å². The van der Waals surface area contributed by atoms with Crippen LogP contribution < -0.4 is 16.0 Å². The molecule has 0 saturated carbocycles. The van der Waals surface area contributed by atoms with Crippen LogP contribution in [0.25, 0.3) is 10.9 Å². The lowest BCUT2D eigenvalue weighted by Gasteiger charge is -2.45. The Labute approximate surface area is 193 Å². The highest BCUT2D eigenvalue weighted by Crippen LogP contribution is 2.26. The first-order valence-corrected chi connectivity index (χ1v) is 10.7. The number of aromatic nitrogens is 3. The molecule has 4 rings (SSSR count). The van der Waals surface area contributed by atoms with Gasteiger partial charge in [-0.2, -0.15) is 4.98 Å². The minimum atomic E-state index is 0. The number of hydrogen-bond acceptors (Lipinski definition) is 6. The monoisotopic (exact) mass is 457 g/mol. The van der Waals surface area contributed by atoms with Gasteiger partial charge in [-0.25, -0.2) is 4.98 Å². The van der Waals surface area contributed by atoms with E-state index in [0.717, 1.165) is 42.0 Å². The van der Waals surface area contributed by atoms with Crippen LogP contribution in [0.15, 0.2) is 42.6 Å². The molecule has 1 aromatic carbocycles. The average molecular weight is 458 g/mol. The van der Waals surface area contributed by atoms with Crippen LogP contribution >= 0.6 is 23.8 Å². The maximum atomic E-state index is 6.08. The van der Waals surface area contributed by atoms with Crippen molar-refractivity contribution in [3.63, 3.8) is 0 Å². The van der Waals surface area contributed by atoms with Crippen LogP contribution in [0.2, 0.25) is 5.15 Å². The number of pyridine rings is 1. The molecule has 3 aromatic rings. The van der Waals surface area contributed by atoms with E-state index < -0.39 is 0 Å². The van der Waals surface area contributed by atoms with Crippen LogP contribution in [0.3, 0.4) is 0 Å². The fourth-order valence-corrected chi connectivity index (χ4v) is 4.35. The van der Waals surface area contributed by atoms with E-state index >= 15 is 0 Å². The SMILES string of the molecule is C.CC(C)[C@H]1CN(c2cc(Cl)nc(N)n2)CCN1C(=S)Nc1cccc2ncccc12. The summed E-state index contributed by atoms with van der Waals surface area (Å²) in [6.07, 6.45) is 1.80. The number of nitrogens with zero attached hydrogens (tertiary/aromatic N) is 5.